The van der Waals surface area contributed by atoms with E-state index in [1.54, 1.807) is 19.1 Å². The van der Waals surface area contributed by atoms with Crippen LogP contribution in [0.4, 0.5) is 14.6 Å². The number of fused-ring (bicyclic) bond motifs is 2. The number of carbonyl (C=O) groups is 1. The maximum absolute atomic E-state index is 14.5. The Hall–Kier alpha value is -3.33. The molecule has 1 N–H and O–H groups in total. The number of hydrogen-bond donors (Lipinski definition) is 1. The van der Waals surface area contributed by atoms with Gasteiger partial charge in [-0.1, -0.05) is 11.2 Å². The van der Waals surface area contributed by atoms with E-state index in [1.165, 1.54) is 18.2 Å². The second kappa shape index (κ2) is 8.96. The van der Waals surface area contributed by atoms with Gasteiger partial charge in [-0.15, -0.1) is 0 Å². The van der Waals surface area contributed by atoms with E-state index in [2.05, 4.69) is 15.0 Å². The van der Waals surface area contributed by atoms with Gasteiger partial charge in [-0.25, -0.2) is 18.6 Å². The van der Waals surface area contributed by atoms with Gasteiger partial charge < -0.3 is 19.3 Å². The largest absolute Gasteiger partial charge is 0.478 e. The van der Waals surface area contributed by atoms with Gasteiger partial charge in [0.25, 0.3) is 0 Å². The summed E-state index contributed by atoms with van der Waals surface area (Å²) in [4.78, 5) is 18.2. The molecule has 3 aromatic rings. The SMILES string of the molecule is Cc1nc(N2C3CCC2CC(OCc2c(-c4c(F)cccc4F)noc2C2CC2)C3)ccc1C(=O)O. The molecule has 2 aliphatic heterocycles. The van der Waals surface area contributed by atoms with Crippen LogP contribution in [0.15, 0.2) is 34.9 Å². The maximum Gasteiger partial charge on any atom is 0.337 e. The molecule has 1 aliphatic carbocycles. The molecule has 6 rings (SSSR count). The number of carboxylic acids is 1. The number of piperidine rings is 1. The van der Waals surface area contributed by atoms with Crippen molar-refractivity contribution in [3.63, 3.8) is 0 Å². The Morgan fingerprint density at radius 1 is 1.11 bits per heavy atom. The van der Waals surface area contributed by atoms with Crippen molar-refractivity contribution in [1.82, 2.24) is 10.1 Å². The minimum Gasteiger partial charge on any atom is -0.478 e. The Kier molecular flexibility index (Phi) is 5.75. The highest BCUT2D eigenvalue weighted by atomic mass is 19.1. The molecule has 2 aromatic heterocycles. The minimum atomic E-state index is -0.976. The molecule has 36 heavy (non-hydrogen) atoms. The predicted molar refractivity (Wildman–Crippen MR) is 127 cm³/mol. The van der Waals surface area contributed by atoms with Gasteiger partial charge in [0.15, 0.2) is 0 Å². The molecule has 2 saturated heterocycles. The zero-order valence-electron chi connectivity index (χ0n) is 19.9. The smallest absolute Gasteiger partial charge is 0.337 e. The summed E-state index contributed by atoms with van der Waals surface area (Å²) in [7, 11) is 0. The number of rotatable bonds is 7. The monoisotopic (exact) mass is 495 g/mol. The van der Waals surface area contributed by atoms with E-state index < -0.39 is 17.6 Å². The van der Waals surface area contributed by atoms with Gasteiger partial charge >= 0.3 is 5.97 Å². The summed E-state index contributed by atoms with van der Waals surface area (Å²) >= 11 is 0. The fourth-order valence-corrected chi connectivity index (χ4v) is 5.80. The topological polar surface area (TPSA) is 88.7 Å². The van der Waals surface area contributed by atoms with Crippen LogP contribution in [0.5, 0.6) is 0 Å². The van der Waals surface area contributed by atoms with E-state index >= 15 is 0 Å². The third-order valence-corrected chi connectivity index (χ3v) is 7.69. The van der Waals surface area contributed by atoms with E-state index in [9.17, 15) is 18.7 Å². The maximum atomic E-state index is 14.5. The molecule has 2 unspecified atom stereocenters. The Balaban J connectivity index is 1.20. The number of hydrogen-bond acceptors (Lipinski definition) is 6. The molecule has 9 heteroatoms. The van der Waals surface area contributed by atoms with Crippen LogP contribution in [0.25, 0.3) is 11.3 Å². The third-order valence-electron chi connectivity index (χ3n) is 7.69. The number of ether oxygens (including phenoxy) is 1. The standard InChI is InChI=1S/C27H27F2N3O4/c1-14-19(27(33)34)9-10-23(30-14)32-16-7-8-17(32)12-18(11-16)35-13-20-25(31-36-26(20)15-5-6-15)24-21(28)3-2-4-22(24)29/h2-4,9-10,15-18H,5-8,11-13H2,1H3,(H,33,34). The summed E-state index contributed by atoms with van der Waals surface area (Å²) in [6.07, 6.45) is 5.54. The summed E-state index contributed by atoms with van der Waals surface area (Å²) in [6, 6.07) is 7.67. The summed E-state index contributed by atoms with van der Waals surface area (Å²) in [6.45, 7) is 1.91. The Morgan fingerprint density at radius 3 is 2.42 bits per heavy atom. The van der Waals surface area contributed by atoms with Crippen molar-refractivity contribution in [2.45, 2.75) is 76.2 Å². The lowest BCUT2D eigenvalue weighted by Crippen LogP contribution is -2.46. The average molecular weight is 496 g/mol. The van der Waals surface area contributed by atoms with Crippen LogP contribution in [0.1, 0.15) is 71.8 Å². The number of nitrogens with zero attached hydrogens (tertiary/aromatic N) is 3. The van der Waals surface area contributed by atoms with Crippen molar-refractivity contribution < 1.29 is 27.9 Å². The summed E-state index contributed by atoms with van der Waals surface area (Å²) < 4.78 is 41.0. The van der Waals surface area contributed by atoms with Crippen LogP contribution in [-0.4, -0.2) is 39.4 Å². The Labute approximate surface area is 207 Å². The summed E-state index contributed by atoms with van der Waals surface area (Å²) in [5.74, 6) is -0.622. The van der Waals surface area contributed by atoms with Crippen molar-refractivity contribution in [3.05, 3.63) is 64.5 Å². The molecule has 7 nitrogen and oxygen atoms in total. The van der Waals surface area contributed by atoms with Gasteiger partial charge in [-0.3, -0.25) is 0 Å². The average Bonchev–Trinajstić information content (AvgIpc) is 3.55. The molecule has 1 aromatic carbocycles. The highest BCUT2D eigenvalue weighted by Crippen LogP contribution is 2.45. The number of anilines is 1. The van der Waals surface area contributed by atoms with Gasteiger partial charge in [0.05, 0.1) is 29.5 Å². The molecular weight excluding hydrogens is 468 g/mol. The van der Waals surface area contributed by atoms with Crippen molar-refractivity contribution in [2.24, 2.45) is 0 Å². The molecular formula is C27H27F2N3O4. The first-order valence-corrected chi connectivity index (χ1v) is 12.4. The number of benzene rings is 1. The molecule has 2 bridgehead atoms. The molecule has 3 fully saturated rings. The van der Waals surface area contributed by atoms with Crippen LogP contribution >= 0.6 is 0 Å². The fourth-order valence-electron chi connectivity index (χ4n) is 5.80. The normalized spacial score (nSPS) is 23.3. The third kappa shape index (κ3) is 4.05. The zero-order valence-corrected chi connectivity index (χ0v) is 19.9. The first-order chi connectivity index (χ1) is 17.4. The number of pyridine rings is 1. The lowest BCUT2D eigenvalue weighted by molar-refractivity contribution is 0.0146. The molecule has 4 heterocycles. The van der Waals surface area contributed by atoms with Crippen molar-refractivity contribution >= 4 is 11.8 Å². The number of carboxylic acid groups (broad SMARTS) is 1. The molecule has 3 aliphatic rings. The predicted octanol–water partition coefficient (Wildman–Crippen LogP) is 5.62. The first kappa shape index (κ1) is 23.1. The lowest BCUT2D eigenvalue weighted by atomic mass is 9.99. The van der Waals surface area contributed by atoms with E-state index in [-0.39, 0.29) is 47.5 Å². The van der Waals surface area contributed by atoms with Crippen LogP contribution in [0, 0.1) is 18.6 Å². The van der Waals surface area contributed by atoms with Crippen LogP contribution in [-0.2, 0) is 11.3 Å². The van der Waals surface area contributed by atoms with Gasteiger partial charge in [0.1, 0.15) is 28.9 Å². The first-order valence-electron chi connectivity index (χ1n) is 12.4. The minimum absolute atomic E-state index is 0.0154. The van der Waals surface area contributed by atoms with Gasteiger partial charge in [-0.2, -0.15) is 0 Å². The van der Waals surface area contributed by atoms with E-state index in [0.29, 0.717) is 17.0 Å². The summed E-state index contributed by atoms with van der Waals surface area (Å²) in [5, 5.41) is 13.4. The highest BCUT2D eigenvalue weighted by Gasteiger charge is 2.42. The Morgan fingerprint density at radius 2 is 1.81 bits per heavy atom. The van der Waals surface area contributed by atoms with E-state index in [4.69, 9.17) is 9.26 Å². The van der Waals surface area contributed by atoms with Crippen molar-refractivity contribution in [3.8, 4) is 11.3 Å². The van der Waals surface area contributed by atoms with Gasteiger partial charge in [0.2, 0.25) is 0 Å². The van der Waals surface area contributed by atoms with Gasteiger partial charge in [-0.05, 0) is 69.7 Å². The van der Waals surface area contributed by atoms with Gasteiger partial charge in [0, 0.05) is 23.6 Å². The van der Waals surface area contributed by atoms with Crippen LogP contribution in [0.3, 0.4) is 0 Å². The van der Waals surface area contributed by atoms with Crippen LogP contribution < -0.4 is 4.90 Å². The summed E-state index contributed by atoms with van der Waals surface area (Å²) in [5.41, 5.74) is 1.37. The molecule has 188 valence electrons. The van der Waals surface area contributed by atoms with E-state index in [1.807, 2.05) is 0 Å². The fraction of sp³-hybridized carbons (Fsp3) is 0.444. The van der Waals surface area contributed by atoms with Crippen molar-refractivity contribution in [2.75, 3.05) is 4.90 Å². The van der Waals surface area contributed by atoms with Crippen LogP contribution in [0.2, 0.25) is 0 Å². The molecule has 0 radical (unpaired) electrons. The zero-order chi connectivity index (χ0) is 25.0. The molecule has 0 amide bonds. The highest BCUT2D eigenvalue weighted by molar-refractivity contribution is 5.89. The number of aryl methyl sites for hydroxylation is 1. The van der Waals surface area contributed by atoms with Crippen molar-refractivity contribution in [1.29, 1.82) is 0 Å². The van der Waals surface area contributed by atoms with E-state index in [0.717, 1.165) is 44.3 Å². The molecule has 1 saturated carbocycles. The molecule has 2 atom stereocenters. The second-order valence-electron chi connectivity index (χ2n) is 10.0. The second-order valence-corrected chi connectivity index (χ2v) is 10.0. The Bertz CT molecular complexity index is 1290. The number of aromatic nitrogens is 2. The molecule has 0 spiro atoms. The lowest BCUT2D eigenvalue weighted by Gasteiger charge is -2.39. The number of aromatic carboxylic acids is 1. The quantitative estimate of drug-likeness (QED) is 0.455. The number of halogens is 2.